The normalized spacial score (nSPS) is 13.9. The molecule has 0 rings (SSSR count). The molecule has 0 amide bonds. The van der Waals surface area contributed by atoms with Crippen molar-refractivity contribution in [3.63, 3.8) is 0 Å². The summed E-state index contributed by atoms with van der Waals surface area (Å²) in [6.07, 6.45) is 1.75. The van der Waals surface area contributed by atoms with Gasteiger partial charge in [0.25, 0.3) is 0 Å². The van der Waals surface area contributed by atoms with Gasteiger partial charge in [-0.1, -0.05) is 0 Å². The first-order valence-electron chi connectivity index (χ1n) is 5.97. The lowest BCUT2D eigenvalue weighted by Gasteiger charge is -2.32. The average Bonchev–Trinajstić information content (AvgIpc) is 2.37. The molecule has 0 radical (unpaired) electrons. The van der Waals surface area contributed by atoms with E-state index in [1.165, 1.54) is 0 Å². The van der Waals surface area contributed by atoms with E-state index in [-0.39, 0.29) is 5.54 Å². The van der Waals surface area contributed by atoms with Crippen LogP contribution in [0.3, 0.4) is 0 Å². The van der Waals surface area contributed by atoms with Crippen molar-refractivity contribution in [2.75, 3.05) is 47.5 Å². The van der Waals surface area contributed by atoms with Crippen molar-refractivity contribution in [3.8, 4) is 0 Å². The minimum absolute atomic E-state index is 0.220. The van der Waals surface area contributed by atoms with E-state index in [1.54, 1.807) is 21.3 Å². The van der Waals surface area contributed by atoms with Crippen molar-refractivity contribution >= 4 is 8.80 Å². The first-order valence-corrected chi connectivity index (χ1v) is 7.77. The van der Waals surface area contributed by atoms with E-state index < -0.39 is 8.80 Å². The number of nitrogens with one attached hydrogen (secondary N) is 1. The molecule has 0 aromatic heterocycles. The molecule has 0 aliphatic rings. The summed E-state index contributed by atoms with van der Waals surface area (Å²) in [5.41, 5.74) is 11.3. The second-order valence-corrected chi connectivity index (χ2v) is 7.07. The summed E-state index contributed by atoms with van der Waals surface area (Å²) in [4.78, 5) is 0. The van der Waals surface area contributed by atoms with Crippen molar-refractivity contribution in [2.45, 2.75) is 18.4 Å². The first-order chi connectivity index (χ1) is 8.20. The molecule has 0 aromatic carbocycles. The van der Waals surface area contributed by atoms with E-state index in [0.717, 1.165) is 25.9 Å². The lowest BCUT2D eigenvalue weighted by atomic mass is 10.2. The SMILES string of the molecule is CO[Si](OC)(OC)C(CCN)CCNCCN. The maximum atomic E-state index is 5.64. The third-order valence-electron chi connectivity index (χ3n) is 2.86. The van der Waals surface area contributed by atoms with Gasteiger partial charge in [-0.05, 0) is 25.9 Å². The average molecular weight is 265 g/mol. The monoisotopic (exact) mass is 265 g/mol. The van der Waals surface area contributed by atoms with Gasteiger partial charge in [0.05, 0.1) is 0 Å². The van der Waals surface area contributed by atoms with Crippen LogP contribution in [0.4, 0.5) is 0 Å². The van der Waals surface area contributed by atoms with Crippen LogP contribution < -0.4 is 16.8 Å². The minimum atomic E-state index is -2.58. The van der Waals surface area contributed by atoms with Gasteiger partial charge in [0, 0.05) is 40.0 Å². The quantitative estimate of drug-likeness (QED) is 0.345. The third kappa shape index (κ3) is 5.43. The molecule has 17 heavy (non-hydrogen) atoms. The maximum absolute atomic E-state index is 5.64. The molecule has 0 aliphatic heterocycles. The highest BCUT2D eigenvalue weighted by molar-refractivity contribution is 6.62. The van der Waals surface area contributed by atoms with Crippen LogP contribution in [-0.4, -0.2) is 56.3 Å². The van der Waals surface area contributed by atoms with Crippen molar-refractivity contribution in [1.82, 2.24) is 5.32 Å². The lowest BCUT2D eigenvalue weighted by molar-refractivity contribution is 0.108. The number of rotatable bonds is 11. The van der Waals surface area contributed by atoms with Gasteiger partial charge in [-0.2, -0.15) is 0 Å². The van der Waals surface area contributed by atoms with Crippen LogP contribution in [0, 0.1) is 0 Å². The molecular formula is C10H27N3O3Si. The molecule has 1 unspecified atom stereocenters. The van der Waals surface area contributed by atoms with Crippen LogP contribution in [0.15, 0.2) is 0 Å². The van der Waals surface area contributed by atoms with Gasteiger partial charge in [0.1, 0.15) is 0 Å². The first kappa shape index (κ1) is 17.0. The zero-order chi connectivity index (χ0) is 13.1. The molecular weight excluding hydrogens is 238 g/mol. The fraction of sp³-hybridized carbons (Fsp3) is 1.00. The van der Waals surface area contributed by atoms with E-state index in [9.17, 15) is 0 Å². The number of hydrogen-bond donors (Lipinski definition) is 3. The smallest absolute Gasteiger partial charge is 0.377 e. The van der Waals surface area contributed by atoms with Crippen LogP contribution in [0.2, 0.25) is 5.54 Å². The predicted octanol–water partition coefficient (Wildman–Crippen LogP) is -0.478. The van der Waals surface area contributed by atoms with Gasteiger partial charge >= 0.3 is 8.80 Å². The molecule has 104 valence electrons. The van der Waals surface area contributed by atoms with Crippen LogP contribution >= 0.6 is 0 Å². The van der Waals surface area contributed by atoms with Crippen molar-refractivity contribution in [2.24, 2.45) is 11.5 Å². The number of hydrogen-bond acceptors (Lipinski definition) is 6. The Kier molecular flexibility index (Phi) is 9.94. The summed E-state index contributed by atoms with van der Waals surface area (Å²) >= 11 is 0. The molecule has 5 N–H and O–H groups in total. The summed E-state index contributed by atoms with van der Waals surface area (Å²) in [7, 11) is 2.33. The van der Waals surface area contributed by atoms with Gasteiger partial charge in [0.2, 0.25) is 0 Å². The van der Waals surface area contributed by atoms with Crippen molar-refractivity contribution in [1.29, 1.82) is 0 Å². The molecule has 7 heteroatoms. The van der Waals surface area contributed by atoms with Gasteiger partial charge in [-0.25, -0.2) is 0 Å². The highest BCUT2D eigenvalue weighted by Crippen LogP contribution is 2.30. The lowest BCUT2D eigenvalue weighted by Crippen LogP contribution is -2.49. The van der Waals surface area contributed by atoms with Gasteiger partial charge < -0.3 is 30.1 Å². The fourth-order valence-corrected chi connectivity index (χ4v) is 4.47. The Hall–Kier alpha value is -0.0231. The molecule has 1 atom stereocenters. The van der Waals surface area contributed by atoms with E-state index >= 15 is 0 Å². The largest absolute Gasteiger partial charge is 0.503 e. The van der Waals surface area contributed by atoms with Crippen LogP contribution in [0.25, 0.3) is 0 Å². The standard InChI is InChI=1S/C10H27N3O3Si/c1-14-17(15-2,16-3)10(4-6-11)5-8-13-9-7-12/h10,13H,4-9,11-12H2,1-3H3. The van der Waals surface area contributed by atoms with Gasteiger partial charge in [-0.15, -0.1) is 0 Å². The summed E-state index contributed by atoms with van der Waals surface area (Å²) in [6.45, 7) is 2.93. The topological polar surface area (TPSA) is 91.8 Å². The molecule has 0 aromatic rings. The van der Waals surface area contributed by atoms with Crippen molar-refractivity contribution < 1.29 is 13.3 Å². The molecule has 6 nitrogen and oxygen atoms in total. The highest BCUT2D eigenvalue weighted by atomic mass is 28.4. The maximum Gasteiger partial charge on any atom is 0.503 e. The molecule has 0 fully saturated rings. The Bertz CT molecular complexity index is 174. The van der Waals surface area contributed by atoms with Crippen LogP contribution in [0.1, 0.15) is 12.8 Å². The molecule has 0 spiro atoms. The zero-order valence-corrected chi connectivity index (χ0v) is 12.2. The number of nitrogens with two attached hydrogens (primary N) is 2. The van der Waals surface area contributed by atoms with Crippen LogP contribution in [0.5, 0.6) is 0 Å². The molecule has 0 bridgehead atoms. The zero-order valence-electron chi connectivity index (χ0n) is 11.2. The Morgan fingerprint density at radius 3 is 1.94 bits per heavy atom. The van der Waals surface area contributed by atoms with E-state index in [0.29, 0.717) is 13.1 Å². The Balaban J connectivity index is 4.35. The van der Waals surface area contributed by atoms with Crippen LogP contribution in [-0.2, 0) is 13.3 Å². The molecule has 0 heterocycles. The van der Waals surface area contributed by atoms with E-state index in [4.69, 9.17) is 24.7 Å². The third-order valence-corrected chi connectivity index (χ3v) is 6.14. The van der Waals surface area contributed by atoms with Gasteiger partial charge in [0.15, 0.2) is 0 Å². The highest BCUT2D eigenvalue weighted by Gasteiger charge is 2.46. The van der Waals surface area contributed by atoms with E-state index in [2.05, 4.69) is 5.32 Å². The molecule has 0 saturated heterocycles. The summed E-state index contributed by atoms with van der Waals surface area (Å²) in [6, 6.07) is 0. The summed E-state index contributed by atoms with van der Waals surface area (Å²) < 4.78 is 16.5. The minimum Gasteiger partial charge on any atom is -0.377 e. The second kappa shape index (κ2) is 9.95. The Morgan fingerprint density at radius 2 is 1.53 bits per heavy atom. The molecule has 0 aliphatic carbocycles. The van der Waals surface area contributed by atoms with E-state index in [1.807, 2.05) is 0 Å². The summed E-state index contributed by atoms with van der Waals surface area (Å²) in [5.74, 6) is 0. The summed E-state index contributed by atoms with van der Waals surface area (Å²) in [5, 5.41) is 3.26. The molecule has 0 saturated carbocycles. The Morgan fingerprint density at radius 1 is 0.941 bits per heavy atom. The predicted molar refractivity (Wildman–Crippen MR) is 70.7 cm³/mol. The van der Waals surface area contributed by atoms with Gasteiger partial charge in [-0.3, -0.25) is 0 Å². The fourth-order valence-electron chi connectivity index (χ4n) is 1.95. The second-order valence-electron chi connectivity index (χ2n) is 3.82. The van der Waals surface area contributed by atoms with Crippen molar-refractivity contribution in [3.05, 3.63) is 0 Å². The Labute approximate surface area is 105 Å².